The predicted octanol–water partition coefficient (Wildman–Crippen LogP) is 2.92. The summed E-state index contributed by atoms with van der Waals surface area (Å²) in [6.07, 6.45) is 2.82. The minimum absolute atomic E-state index is 0.0395. The number of aromatic nitrogens is 4. The Morgan fingerprint density at radius 2 is 2.00 bits per heavy atom. The van der Waals surface area contributed by atoms with Crippen molar-refractivity contribution < 1.29 is 9.53 Å². The Morgan fingerprint density at radius 1 is 1.19 bits per heavy atom. The Labute approximate surface area is 192 Å². The van der Waals surface area contributed by atoms with Crippen LogP contribution in [0.25, 0.3) is 10.6 Å². The van der Waals surface area contributed by atoms with Gasteiger partial charge in [0.25, 0.3) is 0 Å². The first-order valence-electron chi connectivity index (χ1n) is 11.0. The molecule has 1 amide bonds. The molecule has 0 fully saturated rings. The van der Waals surface area contributed by atoms with E-state index in [0.29, 0.717) is 0 Å². The van der Waals surface area contributed by atoms with E-state index in [4.69, 9.17) is 4.74 Å². The Morgan fingerprint density at radius 3 is 2.75 bits per heavy atom. The second kappa shape index (κ2) is 10.3. The van der Waals surface area contributed by atoms with Gasteiger partial charge in [-0.2, -0.15) is 0 Å². The van der Waals surface area contributed by atoms with Crippen LogP contribution < -0.4 is 5.32 Å². The van der Waals surface area contributed by atoms with Gasteiger partial charge in [-0.1, -0.05) is 44.2 Å². The summed E-state index contributed by atoms with van der Waals surface area (Å²) in [6.45, 7) is 7.68. The van der Waals surface area contributed by atoms with Crippen LogP contribution in [-0.2, 0) is 29.0 Å². The highest BCUT2D eigenvalue weighted by atomic mass is 32.1. The number of carbonyl (C=O) groups excluding carboxylic acids is 1. The first-order chi connectivity index (χ1) is 15.5. The van der Waals surface area contributed by atoms with Crippen LogP contribution in [0.1, 0.15) is 36.4 Å². The molecule has 9 heteroatoms. The van der Waals surface area contributed by atoms with E-state index in [-0.39, 0.29) is 24.5 Å². The van der Waals surface area contributed by atoms with Gasteiger partial charge in [-0.25, -0.2) is 4.98 Å². The normalized spacial score (nSPS) is 15.4. The zero-order chi connectivity index (χ0) is 22.5. The summed E-state index contributed by atoms with van der Waals surface area (Å²) in [5, 5.41) is 13.0. The van der Waals surface area contributed by atoms with Gasteiger partial charge in [-0.15, -0.1) is 21.5 Å². The van der Waals surface area contributed by atoms with Gasteiger partial charge in [0.15, 0.2) is 5.82 Å². The van der Waals surface area contributed by atoms with E-state index in [2.05, 4.69) is 55.9 Å². The SMILES string of the molecule is COCC(=O)N[C@H](c1nnc2n1CCN(Cc1cnc(-c3ccccc3)s1)CC2)C(C)C. The molecule has 1 N–H and O–H groups in total. The smallest absolute Gasteiger partial charge is 0.246 e. The molecular formula is C23H30N6O2S. The fourth-order valence-electron chi connectivity index (χ4n) is 3.97. The minimum Gasteiger partial charge on any atom is -0.375 e. The standard InChI is InChI=1S/C23H30N6O2S/c1-16(2)21(25-20(30)15-31-3)22-27-26-19-9-10-28(11-12-29(19)22)14-18-13-24-23(32-18)17-7-5-4-6-8-17/h4-8,13,16,21H,9-12,14-15H2,1-3H3,(H,25,30)/t21-/m0/s1. The summed E-state index contributed by atoms with van der Waals surface area (Å²) in [7, 11) is 1.52. The van der Waals surface area contributed by atoms with Crippen molar-refractivity contribution in [2.24, 2.45) is 5.92 Å². The van der Waals surface area contributed by atoms with Gasteiger partial charge in [-0.05, 0) is 5.92 Å². The van der Waals surface area contributed by atoms with Crippen molar-refractivity contribution in [3.8, 4) is 10.6 Å². The molecule has 1 aromatic carbocycles. The van der Waals surface area contributed by atoms with Crippen LogP contribution in [-0.4, -0.2) is 57.4 Å². The molecule has 1 atom stereocenters. The lowest BCUT2D eigenvalue weighted by atomic mass is 10.0. The molecular weight excluding hydrogens is 424 g/mol. The number of amides is 1. The summed E-state index contributed by atoms with van der Waals surface area (Å²) in [6, 6.07) is 10.1. The topological polar surface area (TPSA) is 85.2 Å². The van der Waals surface area contributed by atoms with E-state index < -0.39 is 0 Å². The van der Waals surface area contributed by atoms with E-state index in [1.54, 1.807) is 11.3 Å². The van der Waals surface area contributed by atoms with Crippen LogP contribution in [0.4, 0.5) is 0 Å². The van der Waals surface area contributed by atoms with Crippen molar-refractivity contribution in [1.82, 2.24) is 30.0 Å². The van der Waals surface area contributed by atoms with Crippen LogP contribution in [0.5, 0.6) is 0 Å². The molecule has 8 nitrogen and oxygen atoms in total. The molecule has 0 radical (unpaired) electrons. The van der Waals surface area contributed by atoms with Gasteiger partial charge < -0.3 is 14.6 Å². The van der Waals surface area contributed by atoms with E-state index in [9.17, 15) is 4.79 Å². The molecule has 32 heavy (non-hydrogen) atoms. The summed E-state index contributed by atoms with van der Waals surface area (Å²) < 4.78 is 7.15. The van der Waals surface area contributed by atoms with Crippen molar-refractivity contribution in [3.05, 3.63) is 53.1 Å². The van der Waals surface area contributed by atoms with E-state index in [1.807, 2.05) is 24.4 Å². The maximum atomic E-state index is 12.1. The van der Waals surface area contributed by atoms with Gasteiger partial charge in [0, 0.05) is 56.3 Å². The molecule has 3 heterocycles. The maximum absolute atomic E-state index is 12.1. The number of hydrogen-bond donors (Lipinski definition) is 1. The molecule has 1 aliphatic rings. The largest absolute Gasteiger partial charge is 0.375 e. The van der Waals surface area contributed by atoms with Gasteiger partial charge in [-0.3, -0.25) is 9.69 Å². The lowest BCUT2D eigenvalue weighted by molar-refractivity contribution is -0.125. The summed E-state index contributed by atoms with van der Waals surface area (Å²) in [5.41, 5.74) is 1.16. The predicted molar refractivity (Wildman–Crippen MR) is 124 cm³/mol. The maximum Gasteiger partial charge on any atom is 0.246 e. The Bertz CT molecular complexity index is 1030. The van der Waals surface area contributed by atoms with Crippen molar-refractivity contribution in [1.29, 1.82) is 0 Å². The highest BCUT2D eigenvalue weighted by molar-refractivity contribution is 7.15. The second-order valence-corrected chi connectivity index (χ2v) is 9.49. The molecule has 0 spiro atoms. The number of carbonyl (C=O) groups is 1. The van der Waals surface area contributed by atoms with Crippen LogP contribution >= 0.6 is 11.3 Å². The summed E-state index contributed by atoms with van der Waals surface area (Å²) in [4.78, 5) is 20.5. The number of benzene rings is 1. The molecule has 2 aromatic heterocycles. The van der Waals surface area contributed by atoms with Gasteiger partial charge in [0.2, 0.25) is 5.91 Å². The van der Waals surface area contributed by atoms with E-state index in [1.165, 1.54) is 12.0 Å². The first-order valence-corrected chi connectivity index (χ1v) is 11.8. The van der Waals surface area contributed by atoms with Crippen molar-refractivity contribution >= 4 is 17.2 Å². The second-order valence-electron chi connectivity index (χ2n) is 8.37. The number of rotatable bonds is 8. The third-order valence-corrected chi connectivity index (χ3v) is 6.67. The number of ether oxygens (including phenoxy) is 1. The monoisotopic (exact) mass is 454 g/mol. The Hall–Kier alpha value is -2.62. The molecule has 0 bridgehead atoms. The number of nitrogens with zero attached hydrogens (tertiary/aromatic N) is 5. The molecule has 0 unspecified atom stereocenters. The summed E-state index contributed by atoms with van der Waals surface area (Å²) >= 11 is 1.75. The zero-order valence-electron chi connectivity index (χ0n) is 18.8. The number of fused-ring (bicyclic) bond motifs is 1. The highest BCUT2D eigenvalue weighted by Gasteiger charge is 2.27. The minimum atomic E-state index is -0.194. The molecule has 170 valence electrons. The molecule has 3 aromatic rings. The zero-order valence-corrected chi connectivity index (χ0v) is 19.6. The first kappa shape index (κ1) is 22.6. The molecule has 0 aliphatic carbocycles. The third-order valence-electron chi connectivity index (χ3n) is 5.64. The third kappa shape index (κ3) is 5.23. The van der Waals surface area contributed by atoms with Crippen LogP contribution in [0.2, 0.25) is 0 Å². The molecule has 0 saturated carbocycles. The average molecular weight is 455 g/mol. The van der Waals surface area contributed by atoms with Crippen molar-refractivity contribution in [2.75, 3.05) is 26.8 Å². The van der Waals surface area contributed by atoms with Crippen LogP contribution in [0.15, 0.2) is 36.5 Å². The van der Waals surface area contributed by atoms with Crippen molar-refractivity contribution in [2.45, 2.75) is 39.4 Å². The number of nitrogens with one attached hydrogen (secondary N) is 1. The molecule has 0 saturated heterocycles. The van der Waals surface area contributed by atoms with E-state index >= 15 is 0 Å². The lowest BCUT2D eigenvalue weighted by Gasteiger charge is -2.23. The summed E-state index contributed by atoms with van der Waals surface area (Å²) in [5.74, 6) is 1.85. The van der Waals surface area contributed by atoms with Crippen LogP contribution in [0, 0.1) is 5.92 Å². The van der Waals surface area contributed by atoms with E-state index in [0.717, 1.165) is 54.8 Å². The number of hydrogen-bond acceptors (Lipinski definition) is 7. The fourth-order valence-corrected chi connectivity index (χ4v) is 4.93. The Balaban J connectivity index is 1.43. The number of methoxy groups -OCH3 is 1. The van der Waals surface area contributed by atoms with Crippen molar-refractivity contribution in [3.63, 3.8) is 0 Å². The number of thiazole rings is 1. The molecule has 1 aliphatic heterocycles. The van der Waals surface area contributed by atoms with Gasteiger partial charge >= 0.3 is 0 Å². The average Bonchev–Trinajstić information content (AvgIpc) is 3.36. The quantitative estimate of drug-likeness (QED) is 0.563. The Kier molecular flexibility index (Phi) is 7.29. The van der Waals surface area contributed by atoms with Crippen LogP contribution in [0.3, 0.4) is 0 Å². The molecule has 4 rings (SSSR count). The fraction of sp³-hybridized carbons (Fsp3) is 0.478. The highest BCUT2D eigenvalue weighted by Crippen LogP contribution is 2.27. The lowest BCUT2D eigenvalue weighted by Crippen LogP contribution is -2.36. The van der Waals surface area contributed by atoms with Gasteiger partial charge in [0.1, 0.15) is 17.4 Å². The van der Waals surface area contributed by atoms with Gasteiger partial charge in [0.05, 0.1) is 6.04 Å².